The van der Waals surface area contributed by atoms with Crippen LogP contribution in [0.1, 0.15) is 21.5 Å². The maximum Gasteiger partial charge on any atom is 0.269 e. The Kier molecular flexibility index (Phi) is 7.70. The van der Waals surface area contributed by atoms with Gasteiger partial charge in [-0.1, -0.05) is 35.9 Å². The number of rotatable bonds is 9. The highest BCUT2D eigenvalue weighted by atomic mass is 32.2. The van der Waals surface area contributed by atoms with Crippen molar-refractivity contribution in [2.75, 3.05) is 17.6 Å². The van der Waals surface area contributed by atoms with Crippen LogP contribution >= 0.6 is 11.8 Å². The molecule has 4 rings (SSSR count). The van der Waals surface area contributed by atoms with E-state index in [2.05, 4.69) is 15.2 Å². The summed E-state index contributed by atoms with van der Waals surface area (Å²) in [5, 5.41) is 17.7. The van der Waals surface area contributed by atoms with Crippen LogP contribution in [0.2, 0.25) is 0 Å². The van der Waals surface area contributed by atoms with E-state index in [-0.39, 0.29) is 23.3 Å². The van der Waals surface area contributed by atoms with Crippen molar-refractivity contribution in [1.82, 2.24) is 9.88 Å². The van der Waals surface area contributed by atoms with Crippen molar-refractivity contribution in [3.8, 4) is 0 Å². The fourth-order valence-corrected chi connectivity index (χ4v) is 4.81. The van der Waals surface area contributed by atoms with Crippen molar-refractivity contribution >= 4 is 45.9 Å². The number of benzene rings is 3. The van der Waals surface area contributed by atoms with Crippen LogP contribution in [-0.2, 0) is 11.3 Å². The first-order valence-corrected chi connectivity index (χ1v) is 12.4. The predicted molar refractivity (Wildman–Crippen MR) is 143 cm³/mol. The van der Waals surface area contributed by atoms with Crippen molar-refractivity contribution < 1.29 is 14.5 Å². The molecule has 0 atom stereocenters. The van der Waals surface area contributed by atoms with Crippen molar-refractivity contribution in [1.29, 1.82) is 0 Å². The molecule has 0 aliphatic heterocycles. The molecule has 0 saturated heterocycles. The number of para-hydroxylation sites is 1. The number of nitro benzene ring substituents is 1. The Labute approximate surface area is 212 Å². The van der Waals surface area contributed by atoms with Crippen molar-refractivity contribution in [2.24, 2.45) is 0 Å². The molecule has 4 aromatic rings. The zero-order chi connectivity index (χ0) is 25.7. The molecule has 0 fully saturated rings. The maximum absolute atomic E-state index is 12.6. The Morgan fingerprint density at radius 3 is 2.50 bits per heavy atom. The minimum absolute atomic E-state index is 0.0573. The monoisotopic (exact) mass is 502 g/mol. The molecule has 3 aromatic carbocycles. The Morgan fingerprint density at radius 2 is 1.78 bits per heavy atom. The highest BCUT2D eigenvalue weighted by Crippen LogP contribution is 2.30. The number of nitrogens with one attached hydrogen (secondary N) is 2. The first-order valence-electron chi connectivity index (χ1n) is 11.4. The lowest BCUT2D eigenvalue weighted by molar-refractivity contribution is -0.384. The second kappa shape index (κ2) is 11.1. The van der Waals surface area contributed by atoms with Gasteiger partial charge in [-0.3, -0.25) is 19.7 Å². The Balaban J connectivity index is 1.37. The van der Waals surface area contributed by atoms with Gasteiger partial charge in [0.25, 0.3) is 11.6 Å². The quantitative estimate of drug-likeness (QED) is 0.183. The molecule has 184 valence electrons. The first-order chi connectivity index (χ1) is 17.3. The van der Waals surface area contributed by atoms with Crippen molar-refractivity contribution in [3.63, 3.8) is 0 Å². The number of hydrogen-bond donors (Lipinski definition) is 2. The largest absolute Gasteiger partial charge is 0.350 e. The number of nitro groups is 1. The zero-order valence-corrected chi connectivity index (χ0v) is 20.8. The number of aryl methyl sites for hydroxylation is 2. The van der Waals surface area contributed by atoms with Crippen LogP contribution in [0.15, 0.2) is 77.8 Å². The van der Waals surface area contributed by atoms with E-state index in [0.29, 0.717) is 18.7 Å². The van der Waals surface area contributed by atoms with E-state index in [9.17, 15) is 19.7 Å². The van der Waals surface area contributed by atoms with Gasteiger partial charge in [0.1, 0.15) is 0 Å². The van der Waals surface area contributed by atoms with Crippen molar-refractivity contribution in [2.45, 2.75) is 25.3 Å². The fraction of sp³-hybridized carbons (Fsp3) is 0.185. The number of carbonyl (C=O) groups excluding carboxylic acids is 2. The van der Waals surface area contributed by atoms with E-state index in [1.165, 1.54) is 36.0 Å². The van der Waals surface area contributed by atoms with Crippen LogP contribution in [0.4, 0.5) is 11.4 Å². The van der Waals surface area contributed by atoms with Gasteiger partial charge in [-0.25, -0.2) is 0 Å². The highest BCUT2D eigenvalue weighted by Gasteiger charge is 2.13. The van der Waals surface area contributed by atoms with Crippen LogP contribution in [0.25, 0.3) is 10.9 Å². The first kappa shape index (κ1) is 25.0. The summed E-state index contributed by atoms with van der Waals surface area (Å²) in [5.74, 6) is -0.0868. The molecule has 8 nitrogen and oxygen atoms in total. The third kappa shape index (κ3) is 5.92. The molecule has 0 aliphatic rings. The fourth-order valence-electron chi connectivity index (χ4n) is 3.92. The van der Waals surface area contributed by atoms with E-state index >= 15 is 0 Å². The number of anilines is 1. The van der Waals surface area contributed by atoms with Gasteiger partial charge in [0.05, 0.1) is 10.7 Å². The molecule has 9 heteroatoms. The summed E-state index contributed by atoms with van der Waals surface area (Å²) >= 11 is 1.47. The van der Waals surface area contributed by atoms with Gasteiger partial charge in [0.15, 0.2) is 0 Å². The van der Waals surface area contributed by atoms with E-state index in [0.717, 1.165) is 32.6 Å². The van der Waals surface area contributed by atoms with Gasteiger partial charge in [-0.15, -0.1) is 11.8 Å². The maximum atomic E-state index is 12.6. The van der Waals surface area contributed by atoms with Gasteiger partial charge in [-0.2, -0.15) is 0 Å². The number of fused-ring (bicyclic) bond motifs is 1. The predicted octanol–water partition coefficient (Wildman–Crippen LogP) is 5.33. The van der Waals surface area contributed by atoms with Crippen LogP contribution in [0.5, 0.6) is 0 Å². The minimum atomic E-state index is -0.498. The number of nitrogens with zero attached hydrogens (tertiary/aromatic N) is 2. The molecule has 0 saturated carbocycles. The lowest BCUT2D eigenvalue weighted by Crippen LogP contribution is -2.27. The highest BCUT2D eigenvalue weighted by molar-refractivity contribution is 8.00. The molecule has 1 aromatic heterocycles. The molecular formula is C27H26N4O4S. The summed E-state index contributed by atoms with van der Waals surface area (Å²) in [4.78, 5) is 36.3. The lowest BCUT2D eigenvalue weighted by atomic mass is 10.1. The third-order valence-electron chi connectivity index (χ3n) is 5.75. The second-order valence-corrected chi connectivity index (χ2v) is 9.44. The number of carbonyl (C=O) groups is 2. The smallest absolute Gasteiger partial charge is 0.269 e. The normalized spacial score (nSPS) is 10.8. The SMILES string of the molecule is Cc1ccc(NC(=O)CSc2cn(CCNC(=O)c3ccc([N+](=O)[O-])cc3)c3ccccc23)c(C)c1. The number of non-ortho nitro benzene ring substituents is 1. The summed E-state index contributed by atoms with van der Waals surface area (Å²) in [6.45, 7) is 4.91. The van der Waals surface area contributed by atoms with Crippen LogP contribution in [-0.4, -0.2) is 33.6 Å². The van der Waals surface area contributed by atoms with E-state index in [4.69, 9.17) is 0 Å². The molecule has 0 bridgehead atoms. The number of aromatic nitrogens is 1. The number of hydrogen-bond acceptors (Lipinski definition) is 5. The molecule has 1 heterocycles. The van der Waals surface area contributed by atoms with Gasteiger partial charge < -0.3 is 15.2 Å². The molecule has 0 radical (unpaired) electrons. The molecule has 0 aliphatic carbocycles. The third-order valence-corrected chi connectivity index (χ3v) is 6.79. The second-order valence-electron chi connectivity index (χ2n) is 8.42. The average molecular weight is 503 g/mol. The average Bonchev–Trinajstić information content (AvgIpc) is 3.22. The summed E-state index contributed by atoms with van der Waals surface area (Å²) in [7, 11) is 0. The Morgan fingerprint density at radius 1 is 1.03 bits per heavy atom. The lowest BCUT2D eigenvalue weighted by Gasteiger charge is -2.09. The summed E-state index contributed by atoms with van der Waals surface area (Å²) in [6.07, 6.45) is 2.00. The van der Waals surface area contributed by atoms with E-state index in [1.807, 2.05) is 62.5 Å². The summed E-state index contributed by atoms with van der Waals surface area (Å²) in [6, 6.07) is 19.4. The summed E-state index contributed by atoms with van der Waals surface area (Å²) < 4.78 is 2.05. The molecule has 0 unspecified atom stereocenters. The van der Waals surface area contributed by atoms with Crippen LogP contribution < -0.4 is 10.6 Å². The molecule has 2 amide bonds. The standard InChI is InChI=1S/C27H26N4O4S/c1-18-7-12-23(19(2)15-18)29-26(32)17-36-25-16-30(24-6-4-3-5-22(24)25)14-13-28-27(33)20-8-10-21(11-9-20)31(34)35/h3-12,15-16H,13-14,17H2,1-2H3,(H,28,33)(H,29,32). The Bertz CT molecular complexity index is 1430. The Hall–Kier alpha value is -4.11. The van der Waals surface area contributed by atoms with Gasteiger partial charge in [0, 0.05) is 58.5 Å². The van der Waals surface area contributed by atoms with Crippen LogP contribution in [0, 0.1) is 24.0 Å². The number of amides is 2. The van der Waals surface area contributed by atoms with Gasteiger partial charge in [-0.05, 0) is 43.7 Å². The van der Waals surface area contributed by atoms with Crippen LogP contribution in [0.3, 0.4) is 0 Å². The topological polar surface area (TPSA) is 106 Å². The van der Waals surface area contributed by atoms with Gasteiger partial charge >= 0.3 is 0 Å². The van der Waals surface area contributed by atoms with Crippen molar-refractivity contribution in [3.05, 3.63) is 99.7 Å². The van der Waals surface area contributed by atoms with E-state index < -0.39 is 4.92 Å². The zero-order valence-electron chi connectivity index (χ0n) is 20.0. The number of thioether (sulfide) groups is 1. The summed E-state index contributed by atoms with van der Waals surface area (Å²) in [5.41, 5.74) is 4.32. The van der Waals surface area contributed by atoms with E-state index in [1.54, 1.807) is 0 Å². The molecule has 36 heavy (non-hydrogen) atoms. The molecule has 0 spiro atoms. The molecular weight excluding hydrogens is 476 g/mol. The minimum Gasteiger partial charge on any atom is -0.350 e. The molecule has 2 N–H and O–H groups in total. The van der Waals surface area contributed by atoms with Gasteiger partial charge in [0.2, 0.25) is 5.91 Å².